The number of hydrogen-bond acceptors (Lipinski definition) is 5. The van der Waals surface area contributed by atoms with Gasteiger partial charge in [-0.1, -0.05) is 29.5 Å². The zero-order valence-electron chi connectivity index (χ0n) is 12.7. The molecule has 0 bridgehead atoms. The van der Waals surface area contributed by atoms with E-state index in [1.54, 1.807) is 0 Å². The second-order valence-corrected chi connectivity index (χ2v) is 6.01. The van der Waals surface area contributed by atoms with E-state index in [1.165, 1.54) is 29.8 Å². The smallest absolute Gasteiger partial charge is 0.333 e. The van der Waals surface area contributed by atoms with Crippen molar-refractivity contribution in [3.63, 3.8) is 0 Å². The van der Waals surface area contributed by atoms with E-state index in [2.05, 4.69) is 4.74 Å². The molecule has 0 aromatic heterocycles. The minimum absolute atomic E-state index is 0.0705. The summed E-state index contributed by atoms with van der Waals surface area (Å²) < 4.78 is 4.57. The lowest BCUT2D eigenvalue weighted by atomic mass is 10.0. The molecule has 0 aliphatic carbocycles. The maximum absolute atomic E-state index is 12.5. The van der Waals surface area contributed by atoms with Crippen LogP contribution in [-0.4, -0.2) is 42.0 Å². The first-order valence-corrected chi connectivity index (χ1v) is 7.74. The highest BCUT2D eigenvalue weighted by Crippen LogP contribution is 2.29. The zero-order valence-corrected chi connectivity index (χ0v) is 13.5. The molecule has 116 valence electrons. The zero-order chi connectivity index (χ0) is 16.3. The lowest BCUT2D eigenvalue weighted by Gasteiger charge is -2.17. The molecule has 1 saturated heterocycles. The molecular weight excluding hydrogens is 302 g/mol. The fraction of sp³-hybridized carbons (Fsp3) is 0.312. The normalized spacial score (nSPS) is 16.2. The summed E-state index contributed by atoms with van der Waals surface area (Å²) in [7, 11) is 1.27. The Hall–Kier alpha value is -2.08. The Morgan fingerprint density at radius 3 is 2.77 bits per heavy atom. The fourth-order valence-corrected chi connectivity index (χ4v) is 3.05. The van der Waals surface area contributed by atoms with Crippen LogP contribution in [0.5, 0.6) is 0 Å². The molecule has 22 heavy (non-hydrogen) atoms. The van der Waals surface area contributed by atoms with E-state index in [1.807, 2.05) is 32.0 Å². The highest BCUT2D eigenvalue weighted by Gasteiger charge is 2.29. The first-order valence-electron chi connectivity index (χ1n) is 6.75. The van der Waals surface area contributed by atoms with E-state index >= 15 is 0 Å². The Morgan fingerprint density at radius 2 is 2.09 bits per heavy atom. The Balaban J connectivity index is 2.22. The number of hydrogen-bond donors (Lipinski definition) is 0. The summed E-state index contributed by atoms with van der Waals surface area (Å²) in [6, 6.07) is 5.63. The summed E-state index contributed by atoms with van der Waals surface area (Å²) in [5, 5.41) is 0.454. The summed E-state index contributed by atoms with van der Waals surface area (Å²) in [6.07, 6.45) is 1.24. The van der Waals surface area contributed by atoms with E-state index in [0.717, 1.165) is 11.1 Å². The van der Waals surface area contributed by atoms with Crippen molar-refractivity contribution in [3.05, 3.63) is 46.0 Å². The molecule has 2 rings (SSSR count). The van der Waals surface area contributed by atoms with Gasteiger partial charge in [-0.05, 0) is 25.5 Å². The van der Waals surface area contributed by atoms with Crippen molar-refractivity contribution in [2.45, 2.75) is 13.8 Å². The molecule has 6 heteroatoms. The average Bonchev–Trinajstić information content (AvgIpc) is 2.82. The lowest BCUT2D eigenvalue weighted by Crippen LogP contribution is -2.31. The molecule has 1 aliphatic heterocycles. The SMILES string of the molecule is COC(=O)/C=C1\SCC(=O)N1CC(=O)c1cc(C)ccc1C. The van der Waals surface area contributed by atoms with Crippen molar-refractivity contribution in [1.82, 2.24) is 4.90 Å². The molecule has 5 nitrogen and oxygen atoms in total. The van der Waals surface area contributed by atoms with Crippen LogP contribution in [0.25, 0.3) is 0 Å². The number of benzene rings is 1. The first-order chi connectivity index (χ1) is 10.4. The number of amides is 1. The van der Waals surface area contributed by atoms with Gasteiger partial charge in [0.05, 0.1) is 30.5 Å². The number of Topliss-reactive ketones (excluding diaryl/α,β-unsaturated/α-hetero) is 1. The van der Waals surface area contributed by atoms with Gasteiger partial charge in [0.15, 0.2) is 5.78 Å². The molecule has 0 radical (unpaired) electrons. The quantitative estimate of drug-likeness (QED) is 0.483. The number of methoxy groups -OCH3 is 1. The van der Waals surface area contributed by atoms with Gasteiger partial charge in [-0.2, -0.15) is 0 Å². The van der Waals surface area contributed by atoms with Crippen molar-refractivity contribution in [1.29, 1.82) is 0 Å². The van der Waals surface area contributed by atoms with Gasteiger partial charge in [-0.3, -0.25) is 14.5 Å². The molecule has 0 unspecified atom stereocenters. The standard InChI is InChI=1S/C16H17NO4S/c1-10-4-5-11(2)12(6-10)13(18)8-17-14(19)9-22-15(17)7-16(20)21-3/h4-7H,8-9H2,1-3H3/b15-7-. The summed E-state index contributed by atoms with van der Waals surface area (Å²) in [6.45, 7) is 3.70. The van der Waals surface area contributed by atoms with Crippen LogP contribution in [-0.2, 0) is 14.3 Å². The third kappa shape index (κ3) is 3.57. The number of rotatable bonds is 4. The van der Waals surface area contributed by atoms with E-state index in [4.69, 9.17) is 0 Å². The van der Waals surface area contributed by atoms with Crippen LogP contribution in [0.2, 0.25) is 0 Å². The topological polar surface area (TPSA) is 63.7 Å². The average molecular weight is 319 g/mol. The third-order valence-corrected chi connectivity index (χ3v) is 4.37. The summed E-state index contributed by atoms with van der Waals surface area (Å²) in [4.78, 5) is 37.1. The molecule has 1 aromatic carbocycles. The van der Waals surface area contributed by atoms with Crippen LogP contribution in [0.1, 0.15) is 21.5 Å². The molecule has 0 saturated carbocycles. The van der Waals surface area contributed by atoms with Crippen molar-refractivity contribution in [2.75, 3.05) is 19.4 Å². The van der Waals surface area contributed by atoms with Crippen LogP contribution >= 0.6 is 11.8 Å². The van der Waals surface area contributed by atoms with Gasteiger partial charge >= 0.3 is 5.97 Å². The Bertz CT molecular complexity index is 666. The summed E-state index contributed by atoms with van der Waals surface area (Å²) in [5.74, 6) is -0.642. The second kappa shape index (κ2) is 6.79. The lowest BCUT2D eigenvalue weighted by molar-refractivity contribution is -0.134. The molecule has 0 spiro atoms. The van der Waals surface area contributed by atoms with Gasteiger partial charge in [0.2, 0.25) is 5.91 Å². The molecule has 0 N–H and O–H groups in total. The predicted molar refractivity (Wildman–Crippen MR) is 84.5 cm³/mol. The predicted octanol–water partition coefficient (Wildman–Crippen LogP) is 2.08. The van der Waals surface area contributed by atoms with Crippen LogP contribution in [0.3, 0.4) is 0 Å². The van der Waals surface area contributed by atoms with Gasteiger partial charge in [0.25, 0.3) is 0 Å². The summed E-state index contributed by atoms with van der Waals surface area (Å²) in [5.41, 5.74) is 2.46. The maximum Gasteiger partial charge on any atom is 0.333 e. The number of ketones is 1. The molecule has 0 atom stereocenters. The number of carbonyl (C=O) groups is 3. The Morgan fingerprint density at radius 1 is 1.36 bits per heavy atom. The van der Waals surface area contributed by atoms with Gasteiger partial charge < -0.3 is 4.74 Å². The summed E-state index contributed by atoms with van der Waals surface area (Å²) >= 11 is 1.23. The minimum Gasteiger partial charge on any atom is -0.466 e. The molecule has 1 fully saturated rings. The molecular formula is C16H17NO4S. The van der Waals surface area contributed by atoms with Crippen molar-refractivity contribution in [2.24, 2.45) is 0 Å². The van der Waals surface area contributed by atoms with Crippen LogP contribution in [0.4, 0.5) is 0 Å². The van der Waals surface area contributed by atoms with E-state index in [-0.39, 0.29) is 24.0 Å². The largest absolute Gasteiger partial charge is 0.466 e. The molecule has 1 aromatic rings. The van der Waals surface area contributed by atoms with E-state index in [9.17, 15) is 14.4 Å². The van der Waals surface area contributed by atoms with Crippen LogP contribution in [0.15, 0.2) is 29.3 Å². The van der Waals surface area contributed by atoms with Crippen molar-refractivity contribution < 1.29 is 19.1 Å². The molecule has 1 amide bonds. The highest BCUT2D eigenvalue weighted by molar-refractivity contribution is 8.04. The monoisotopic (exact) mass is 319 g/mol. The number of thioether (sulfide) groups is 1. The van der Waals surface area contributed by atoms with Gasteiger partial charge in [-0.15, -0.1) is 0 Å². The maximum atomic E-state index is 12.5. The minimum atomic E-state index is -0.540. The van der Waals surface area contributed by atoms with Crippen molar-refractivity contribution in [3.8, 4) is 0 Å². The number of aryl methyl sites for hydroxylation is 2. The van der Waals surface area contributed by atoms with Gasteiger partial charge in [0.1, 0.15) is 0 Å². The van der Waals surface area contributed by atoms with Crippen molar-refractivity contribution >= 4 is 29.4 Å². The van der Waals surface area contributed by atoms with Gasteiger partial charge in [-0.25, -0.2) is 4.79 Å². The third-order valence-electron chi connectivity index (χ3n) is 3.35. The number of nitrogens with zero attached hydrogens (tertiary/aromatic N) is 1. The molecule has 1 aliphatic rings. The number of ether oxygens (including phenoxy) is 1. The Kier molecular flexibility index (Phi) is 5.03. The number of esters is 1. The van der Waals surface area contributed by atoms with E-state index in [0.29, 0.717) is 10.6 Å². The fourth-order valence-electron chi connectivity index (χ4n) is 2.12. The molecule has 1 heterocycles. The highest BCUT2D eigenvalue weighted by atomic mass is 32.2. The second-order valence-electron chi connectivity index (χ2n) is 5.02. The number of carbonyl (C=O) groups excluding carboxylic acids is 3. The van der Waals surface area contributed by atoms with E-state index < -0.39 is 5.97 Å². The Labute approximate surface area is 133 Å². The first kappa shape index (κ1) is 16.3. The van der Waals surface area contributed by atoms with Crippen LogP contribution in [0, 0.1) is 13.8 Å². The van der Waals surface area contributed by atoms with Gasteiger partial charge in [0, 0.05) is 5.56 Å². The van der Waals surface area contributed by atoms with Crippen LogP contribution < -0.4 is 0 Å².